The van der Waals surface area contributed by atoms with E-state index >= 15 is 0 Å². The van der Waals surface area contributed by atoms with E-state index in [1.54, 1.807) is 0 Å². The molecule has 2 fully saturated rings. The molecule has 0 radical (unpaired) electrons. The van der Waals surface area contributed by atoms with Gasteiger partial charge in [-0.1, -0.05) is 6.42 Å². The first-order valence-corrected chi connectivity index (χ1v) is 8.66. The lowest BCUT2D eigenvalue weighted by molar-refractivity contribution is -0.214. The Morgan fingerprint density at radius 1 is 1.37 bits per heavy atom. The molecule has 3 N–H and O–H groups in total. The third-order valence-corrected chi connectivity index (χ3v) is 5.00. The van der Waals surface area contributed by atoms with Gasteiger partial charge >= 0.3 is 6.18 Å². The van der Waals surface area contributed by atoms with E-state index in [-0.39, 0.29) is 36.2 Å². The Labute approximate surface area is 153 Å². The fourth-order valence-electron chi connectivity index (χ4n) is 3.44. The number of nitrogen functional groups attached to an aromatic ring is 1. The first kappa shape index (κ1) is 19.4. The summed E-state index contributed by atoms with van der Waals surface area (Å²) in [7, 11) is 0. The fraction of sp³-hybridized carbons (Fsp3) is 0.588. The van der Waals surface area contributed by atoms with E-state index in [9.17, 15) is 13.2 Å². The predicted octanol–water partition coefficient (Wildman–Crippen LogP) is 2.32. The molecule has 27 heavy (non-hydrogen) atoms. The highest BCUT2D eigenvalue weighted by molar-refractivity contribution is 5.58. The number of aliphatic hydroxyl groups excluding tert-OH is 1. The Bertz CT molecular complexity index is 849. The summed E-state index contributed by atoms with van der Waals surface area (Å²) in [5.74, 6) is -0.129. The first-order valence-electron chi connectivity index (χ1n) is 8.66. The van der Waals surface area contributed by atoms with Gasteiger partial charge in [-0.2, -0.15) is 18.4 Å². The monoisotopic (exact) mass is 383 g/mol. The first-order chi connectivity index (χ1) is 12.8. The molecule has 2 aromatic heterocycles. The molecule has 1 unspecified atom stereocenters. The Balaban J connectivity index is 0.000000253. The molecular weight excluding hydrogens is 363 g/mol. The van der Waals surface area contributed by atoms with Gasteiger partial charge in [0.1, 0.15) is 11.5 Å². The third-order valence-electron chi connectivity index (χ3n) is 5.00. The number of ether oxygens (including phenoxy) is 1. The minimum atomic E-state index is -4.43. The number of hydrogen-bond acceptors (Lipinski definition) is 6. The van der Waals surface area contributed by atoms with Crippen LogP contribution in [-0.2, 0) is 10.2 Å². The van der Waals surface area contributed by atoms with Crippen molar-refractivity contribution < 1.29 is 23.0 Å². The number of aromatic nitrogens is 3. The van der Waals surface area contributed by atoms with E-state index in [0.717, 1.165) is 24.0 Å². The number of anilines is 1. The average Bonchev–Trinajstić information content (AvgIpc) is 2.92. The van der Waals surface area contributed by atoms with E-state index in [1.807, 2.05) is 6.07 Å². The molecule has 2 aromatic rings. The van der Waals surface area contributed by atoms with Gasteiger partial charge in [0.15, 0.2) is 0 Å². The summed E-state index contributed by atoms with van der Waals surface area (Å²) >= 11 is 0. The van der Waals surface area contributed by atoms with Crippen LogP contribution in [0.5, 0.6) is 0 Å². The van der Waals surface area contributed by atoms with Crippen LogP contribution in [0.3, 0.4) is 0 Å². The van der Waals surface area contributed by atoms with Crippen molar-refractivity contribution in [3.63, 3.8) is 0 Å². The fourth-order valence-corrected chi connectivity index (χ4v) is 3.44. The van der Waals surface area contributed by atoms with E-state index in [2.05, 4.69) is 10.1 Å². The minimum Gasteiger partial charge on any atom is -0.391 e. The van der Waals surface area contributed by atoms with Gasteiger partial charge in [0, 0.05) is 6.61 Å². The molecule has 3 heterocycles. The van der Waals surface area contributed by atoms with Crippen molar-refractivity contribution in [1.29, 1.82) is 5.26 Å². The zero-order valence-electron chi connectivity index (χ0n) is 14.5. The molecule has 0 bridgehead atoms. The summed E-state index contributed by atoms with van der Waals surface area (Å²) in [6.45, 7) is 1.37. The summed E-state index contributed by atoms with van der Waals surface area (Å²) in [6.07, 6.45) is -0.976. The van der Waals surface area contributed by atoms with Gasteiger partial charge in [0.2, 0.25) is 5.95 Å². The molecule has 1 saturated carbocycles. The van der Waals surface area contributed by atoms with Crippen LogP contribution in [0.4, 0.5) is 19.1 Å². The normalized spacial score (nSPS) is 21.7. The summed E-state index contributed by atoms with van der Waals surface area (Å²) in [6, 6.07) is 3.18. The molecule has 1 saturated heterocycles. The molecular formula is C17H20F3N5O2. The minimum absolute atomic E-state index is 0.0260. The highest BCUT2D eigenvalue weighted by atomic mass is 19.4. The second-order valence-corrected chi connectivity index (χ2v) is 6.78. The Morgan fingerprint density at radius 2 is 2.11 bits per heavy atom. The van der Waals surface area contributed by atoms with E-state index in [4.69, 9.17) is 20.8 Å². The van der Waals surface area contributed by atoms with Crippen LogP contribution in [-0.4, -0.2) is 45.2 Å². The van der Waals surface area contributed by atoms with Crippen LogP contribution >= 0.6 is 0 Å². The second-order valence-electron chi connectivity index (χ2n) is 6.78. The molecule has 0 spiro atoms. The lowest BCUT2D eigenvalue weighted by Gasteiger charge is -2.42. The second kappa shape index (κ2) is 7.32. The van der Waals surface area contributed by atoms with Crippen molar-refractivity contribution >= 4 is 11.5 Å². The number of fused-ring (bicyclic) bond motifs is 1. The van der Waals surface area contributed by atoms with Gasteiger partial charge in [-0.05, 0) is 31.7 Å². The summed E-state index contributed by atoms with van der Waals surface area (Å²) < 4.78 is 46.4. The number of nitriles is 1. The van der Waals surface area contributed by atoms with Crippen molar-refractivity contribution in [2.24, 2.45) is 0 Å². The molecule has 1 atom stereocenters. The van der Waals surface area contributed by atoms with Crippen LogP contribution in [0.2, 0.25) is 0 Å². The highest BCUT2D eigenvalue weighted by Crippen LogP contribution is 2.55. The zero-order chi connectivity index (χ0) is 19.7. The maximum absolute atomic E-state index is 13.5. The number of rotatable bonds is 1. The van der Waals surface area contributed by atoms with Crippen LogP contribution in [0.25, 0.3) is 5.52 Å². The van der Waals surface area contributed by atoms with Crippen LogP contribution in [0.1, 0.15) is 43.4 Å². The molecule has 10 heteroatoms. The van der Waals surface area contributed by atoms with Crippen molar-refractivity contribution in [2.75, 3.05) is 18.9 Å². The topological polar surface area (TPSA) is 109 Å². The molecule has 146 valence electrons. The van der Waals surface area contributed by atoms with Crippen LogP contribution in [0, 0.1) is 11.3 Å². The Kier molecular flexibility index (Phi) is 5.26. The molecule has 0 amide bonds. The largest absolute Gasteiger partial charge is 0.399 e. The summed E-state index contributed by atoms with van der Waals surface area (Å²) in [4.78, 5) is 3.74. The van der Waals surface area contributed by atoms with Crippen molar-refractivity contribution in [2.45, 2.75) is 49.8 Å². The molecule has 0 aromatic carbocycles. The highest BCUT2D eigenvalue weighted by Gasteiger charge is 2.61. The molecule has 2 aliphatic rings. The van der Waals surface area contributed by atoms with Gasteiger partial charge in [0.25, 0.3) is 0 Å². The standard InChI is InChI=1S/C12H10F3N5.C5H10O2/c13-12(14,15)11(2-1-3-11)9-7(5-16)4-8-6-18-10(17)19-20(8)9;6-5-2-1-3-7-4-5/h4,6H,1-3H2,(H2,17,19);5-6H,1-4H2. The number of nitrogens with zero attached hydrogens (tertiary/aromatic N) is 4. The van der Waals surface area contributed by atoms with E-state index in [1.165, 1.54) is 12.3 Å². The summed E-state index contributed by atoms with van der Waals surface area (Å²) in [5, 5.41) is 21.7. The average molecular weight is 383 g/mol. The zero-order valence-corrected chi connectivity index (χ0v) is 14.5. The Hall–Kier alpha value is -2.38. The number of nitrogens with two attached hydrogens (primary N) is 1. The summed E-state index contributed by atoms with van der Waals surface area (Å²) in [5.41, 5.74) is 3.63. The predicted molar refractivity (Wildman–Crippen MR) is 89.8 cm³/mol. The maximum atomic E-state index is 13.5. The number of aliphatic hydroxyl groups is 1. The third kappa shape index (κ3) is 3.57. The van der Waals surface area contributed by atoms with Gasteiger partial charge in [-0.15, -0.1) is 5.10 Å². The van der Waals surface area contributed by atoms with Gasteiger partial charge in [0.05, 0.1) is 35.7 Å². The lowest BCUT2D eigenvalue weighted by Crippen LogP contribution is -2.49. The molecule has 1 aliphatic carbocycles. The van der Waals surface area contributed by atoms with Gasteiger partial charge < -0.3 is 15.6 Å². The number of hydrogen-bond donors (Lipinski definition) is 2. The van der Waals surface area contributed by atoms with Gasteiger partial charge in [-0.25, -0.2) is 9.50 Å². The van der Waals surface area contributed by atoms with Crippen LogP contribution < -0.4 is 5.73 Å². The van der Waals surface area contributed by atoms with Gasteiger partial charge in [-0.3, -0.25) is 0 Å². The van der Waals surface area contributed by atoms with Crippen molar-refractivity contribution in [3.05, 3.63) is 23.5 Å². The maximum Gasteiger partial charge on any atom is 0.399 e. The van der Waals surface area contributed by atoms with Crippen molar-refractivity contribution in [3.8, 4) is 6.07 Å². The quantitative estimate of drug-likeness (QED) is 0.782. The Morgan fingerprint density at radius 3 is 2.56 bits per heavy atom. The number of halogens is 3. The molecule has 1 aliphatic heterocycles. The SMILES string of the molecule is N#Cc1cc2cnc(N)nn2c1C1(C(F)(F)F)CCC1.OC1CCCOC1. The van der Waals surface area contributed by atoms with E-state index < -0.39 is 11.6 Å². The molecule has 7 nitrogen and oxygen atoms in total. The van der Waals surface area contributed by atoms with Crippen LogP contribution in [0.15, 0.2) is 12.3 Å². The van der Waals surface area contributed by atoms with E-state index in [0.29, 0.717) is 18.5 Å². The smallest absolute Gasteiger partial charge is 0.391 e. The lowest BCUT2D eigenvalue weighted by atomic mass is 9.65. The van der Waals surface area contributed by atoms with Crippen molar-refractivity contribution in [1.82, 2.24) is 14.6 Å². The molecule has 4 rings (SSSR count). The number of alkyl halides is 3.